The molecule has 0 amide bonds. The molecule has 2 aromatic heterocycles. The van der Waals surface area contributed by atoms with Crippen LogP contribution in [0.1, 0.15) is 25.0 Å². The molecule has 0 saturated carbocycles. The Morgan fingerprint density at radius 1 is 0.317 bits per heavy atom. The molecule has 0 aliphatic heterocycles. The maximum absolute atomic E-state index is 6.48. The zero-order chi connectivity index (χ0) is 40.0. The first-order valence-electron chi connectivity index (χ1n) is 20.7. The summed E-state index contributed by atoms with van der Waals surface area (Å²) in [6.07, 6.45) is 0. The van der Waals surface area contributed by atoms with Crippen LogP contribution in [0.15, 0.2) is 209 Å². The molecule has 0 radical (unpaired) electrons. The van der Waals surface area contributed by atoms with Gasteiger partial charge in [0, 0.05) is 44.0 Å². The first kappa shape index (κ1) is 34.4. The predicted molar refractivity (Wildman–Crippen MR) is 250 cm³/mol. The SMILES string of the molecule is CC1(C)c2ccccc2-c2ccc(N(c3ccc(-c4ccccc4)cc3)c3ccc(-c4cc5oc6ccccc6c5cc4-c4ccc5c(c4)oc4ccccc45)cc3)cc21. The summed E-state index contributed by atoms with van der Waals surface area (Å²) < 4.78 is 12.9. The fourth-order valence-corrected chi connectivity index (χ4v) is 9.64. The summed E-state index contributed by atoms with van der Waals surface area (Å²) >= 11 is 0. The summed E-state index contributed by atoms with van der Waals surface area (Å²) in [7, 11) is 0. The number of furan rings is 2. The predicted octanol–water partition coefficient (Wildman–Crippen LogP) is 16.3. The number of anilines is 3. The van der Waals surface area contributed by atoms with Gasteiger partial charge < -0.3 is 13.7 Å². The molecule has 3 heteroatoms. The van der Waals surface area contributed by atoms with Crippen LogP contribution in [0.2, 0.25) is 0 Å². The van der Waals surface area contributed by atoms with Gasteiger partial charge in [-0.2, -0.15) is 0 Å². The number of fused-ring (bicyclic) bond motifs is 9. The lowest BCUT2D eigenvalue weighted by Crippen LogP contribution is -2.16. The molecule has 0 bridgehead atoms. The highest BCUT2D eigenvalue weighted by atomic mass is 16.3. The molecule has 9 aromatic carbocycles. The Labute approximate surface area is 348 Å². The van der Waals surface area contributed by atoms with Gasteiger partial charge in [-0.3, -0.25) is 0 Å². The van der Waals surface area contributed by atoms with Crippen molar-refractivity contribution in [2.75, 3.05) is 4.90 Å². The van der Waals surface area contributed by atoms with E-state index >= 15 is 0 Å². The fourth-order valence-electron chi connectivity index (χ4n) is 9.64. The first-order chi connectivity index (χ1) is 29.5. The third-order valence-electron chi connectivity index (χ3n) is 12.7. The van der Waals surface area contributed by atoms with Crippen LogP contribution in [0.3, 0.4) is 0 Å². The molecule has 12 rings (SSSR count). The maximum atomic E-state index is 6.48. The molecule has 1 aliphatic rings. The van der Waals surface area contributed by atoms with E-state index in [4.69, 9.17) is 8.83 Å². The second-order valence-electron chi connectivity index (χ2n) is 16.5. The van der Waals surface area contributed by atoms with Crippen molar-refractivity contribution in [3.05, 3.63) is 211 Å². The van der Waals surface area contributed by atoms with Crippen LogP contribution in [0, 0.1) is 0 Å². The Balaban J connectivity index is 1.00. The van der Waals surface area contributed by atoms with Gasteiger partial charge >= 0.3 is 0 Å². The maximum Gasteiger partial charge on any atom is 0.136 e. The van der Waals surface area contributed by atoms with Gasteiger partial charge in [0.25, 0.3) is 0 Å². The second-order valence-corrected chi connectivity index (χ2v) is 16.5. The van der Waals surface area contributed by atoms with Crippen LogP contribution in [0.5, 0.6) is 0 Å². The van der Waals surface area contributed by atoms with Crippen molar-refractivity contribution in [1.29, 1.82) is 0 Å². The summed E-state index contributed by atoms with van der Waals surface area (Å²) in [4.78, 5) is 2.39. The van der Waals surface area contributed by atoms with Crippen molar-refractivity contribution in [3.8, 4) is 44.5 Å². The highest BCUT2D eigenvalue weighted by Crippen LogP contribution is 2.51. The molecule has 60 heavy (non-hydrogen) atoms. The molecule has 0 saturated heterocycles. The Morgan fingerprint density at radius 2 is 0.833 bits per heavy atom. The zero-order valence-electron chi connectivity index (χ0n) is 33.3. The van der Waals surface area contributed by atoms with Gasteiger partial charge in [-0.05, 0) is 128 Å². The van der Waals surface area contributed by atoms with Crippen molar-refractivity contribution in [2.45, 2.75) is 19.3 Å². The van der Waals surface area contributed by atoms with Crippen LogP contribution in [-0.4, -0.2) is 0 Å². The molecule has 0 fully saturated rings. The molecule has 3 nitrogen and oxygen atoms in total. The molecule has 284 valence electrons. The Kier molecular flexibility index (Phi) is 7.58. The topological polar surface area (TPSA) is 29.5 Å². The molecule has 1 aliphatic carbocycles. The fraction of sp³-hybridized carbons (Fsp3) is 0.0526. The van der Waals surface area contributed by atoms with E-state index in [1.165, 1.54) is 33.4 Å². The lowest BCUT2D eigenvalue weighted by molar-refractivity contribution is 0.660. The number of nitrogens with zero attached hydrogens (tertiary/aromatic N) is 1. The third kappa shape index (κ3) is 5.36. The summed E-state index contributed by atoms with van der Waals surface area (Å²) in [5, 5.41) is 4.44. The number of rotatable bonds is 6. The second kappa shape index (κ2) is 13.2. The largest absolute Gasteiger partial charge is 0.456 e. The van der Waals surface area contributed by atoms with Crippen LogP contribution in [0.25, 0.3) is 88.4 Å². The van der Waals surface area contributed by atoms with Gasteiger partial charge in [-0.25, -0.2) is 0 Å². The zero-order valence-corrected chi connectivity index (χ0v) is 33.3. The lowest BCUT2D eigenvalue weighted by atomic mass is 9.82. The van der Waals surface area contributed by atoms with E-state index in [0.717, 1.165) is 83.2 Å². The average molecular weight is 770 g/mol. The number of para-hydroxylation sites is 2. The van der Waals surface area contributed by atoms with Gasteiger partial charge in [0.05, 0.1) is 0 Å². The molecular formula is C57H39NO2. The molecule has 0 unspecified atom stereocenters. The summed E-state index contributed by atoms with van der Waals surface area (Å²) in [6, 6.07) is 72.0. The number of hydrogen-bond acceptors (Lipinski definition) is 3. The van der Waals surface area contributed by atoms with Crippen molar-refractivity contribution in [3.63, 3.8) is 0 Å². The molecule has 0 N–H and O–H groups in total. The standard InChI is InChI=1S/C57H39NO2/c1-57(2)51-17-9-6-14-43(51)44-31-29-42(33-52(44)57)58(40-25-20-37(21-26-40)36-12-4-3-5-13-36)41-27-22-38(23-28-41)49-35-56-50(46-16-8-11-19-54(46)60-56)34-48(49)39-24-30-47-45-15-7-10-18-53(45)59-55(47)32-39/h3-35H,1-2H3. The van der Waals surface area contributed by atoms with E-state index in [9.17, 15) is 0 Å². The highest BCUT2D eigenvalue weighted by molar-refractivity contribution is 6.10. The van der Waals surface area contributed by atoms with Crippen LogP contribution >= 0.6 is 0 Å². The minimum absolute atomic E-state index is 0.119. The molecule has 0 atom stereocenters. The van der Waals surface area contributed by atoms with Gasteiger partial charge in [0.1, 0.15) is 22.3 Å². The lowest BCUT2D eigenvalue weighted by Gasteiger charge is -2.28. The summed E-state index contributed by atoms with van der Waals surface area (Å²) in [6.45, 7) is 4.69. The smallest absolute Gasteiger partial charge is 0.136 e. The van der Waals surface area contributed by atoms with Crippen LogP contribution in [-0.2, 0) is 5.41 Å². The number of hydrogen-bond donors (Lipinski definition) is 0. The van der Waals surface area contributed by atoms with Crippen LogP contribution < -0.4 is 4.90 Å². The molecular weight excluding hydrogens is 731 g/mol. The van der Waals surface area contributed by atoms with Crippen molar-refractivity contribution >= 4 is 60.9 Å². The van der Waals surface area contributed by atoms with Crippen molar-refractivity contribution < 1.29 is 8.83 Å². The molecule has 2 heterocycles. The van der Waals surface area contributed by atoms with Crippen molar-refractivity contribution in [1.82, 2.24) is 0 Å². The monoisotopic (exact) mass is 769 g/mol. The van der Waals surface area contributed by atoms with E-state index in [1.54, 1.807) is 0 Å². The molecule has 0 spiro atoms. The Hall–Kier alpha value is -7.62. The average Bonchev–Trinajstić information content (AvgIpc) is 3.93. The number of benzene rings is 9. The van der Waals surface area contributed by atoms with E-state index in [-0.39, 0.29) is 5.41 Å². The third-order valence-corrected chi connectivity index (χ3v) is 12.7. The van der Waals surface area contributed by atoms with E-state index in [2.05, 4.69) is 195 Å². The Morgan fingerprint density at radius 3 is 1.57 bits per heavy atom. The molecule has 11 aromatic rings. The Bertz CT molecular complexity index is 3440. The van der Waals surface area contributed by atoms with Gasteiger partial charge in [0.2, 0.25) is 0 Å². The first-order valence-corrected chi connectivity index (χ1v) is 20.7. The van der Waals surface area contributed by atoms with E-state index < -0.39 is 0 Å². The van der Waals surface area contributed by atoms with Crippen LogP contribution in [0.4, 0.5) is 17.1 Å². The minimum Gasteiger partial charge on any atom is -0.456 e. The highest BCUT2D eigenvalue weighted by Gasteiger charge is 2.35. The normalized spacial score (nSPS) is 13.0. The summed E-state index contributed by atoms with van der Waals surface area (Å²) in [5.41, 5.74) is 18.9. The van der Waals surface area contributed by atoms with Crippen molar-refractivity contribution in [2.24, 2.45) is 0 Å². The minimum atomic E-state index is -0.119. The van der Waals surface area contributed by atoms with E-state index in [0.29, 0.717) is 0 Å². The quantitative estimate of drug-likeness (QED) is 0.169. The van der Waals surface area contributed by atoms with E-state index in [1.807, 2.05) is 24.3 Å². The van der Waals surface area contributed by atoms with Gasteiger partial charge in [-0.1, -0.05) is 141 Å². The van der Waals surface area contributed by atoms with Gasteiger partial charge in [0.15, 0.2) is 0 Å². The summed E-state index contributed by atoms with van der Waals surface area (Å²) in [5.74, 6) is 0. The van der Waals surface area contributed by atoms with Gasteiger partial charge in [-0.15, -0.1) is 0 Å².